The highest BCUT2D eigenvalue weighted by Crippen LogP contribution is 2.19. The van der Waals surface area contributed by atoms with Crippen LogP contribution in [0.15, 0.2) is 4.99 Å². The number of hydrogen-bond donors (Lipinski definition) is 3. The number of guanidine groups is 1. The Hall–Kier alpha value is -0.130. The van der Waals surface area contributed by atoms with Gasteiger partial charge in [0.1, 0.15) is 0 Å². The summed E-state index contributed by atoms with van der Waals surface area (Å²) in [6.07, 6.45) is 5.03. The van der Waals surface area contributed by atoms with E-state index in [1.165, 1.54) is 19.3 Å². The molecule has 1 aliphatic rings. The lowest BCUT2D eigenvalue weighted by Crippen LogP contribution is -2.55. The Morgan fingerprint density at radius 3 is 2.26 bits per heavy atom. The van der Waals surface area contributed by atoms with E-state index in [2.05, 4.69) is 39.1 Å². The molecule has 0 bridgehead atoms. The van der Waals surface area contributed by atoms with Crippen LogP contribution in [0.25, 0.3) is 0 Å². The van der Waals surface area contributed by atoms with Crippen LogP contribution in [0.2, 0.25) is 0 Å². The number of nitrogens with one attached hydrogen (secondary N) is 3. The molecule has 0 aromatic heterocycles. The number of nitrogens with zero attached hydrogens (tertiary/aromatic N) is 2. The summed E-state index contributed by atoms with van der Waals surface area (Å²) in [7, 11) is -1.42. The van der Waals surface area contributed by atoms with Crippen molar-refractivity contribution in [3.8, 4) is 0 Å². The van der Waals surface area contributed by atoms with Gasteiger partial charge in [-0.3, -0.25) is 9.89 Å². The van der Waals surface area contributed by atoms with Crippen molar-refractivity contribution < 1.29 is 8.42 Å². The molecule has 0 amide bonds. The number of likely N-dealkylation sites (tertiary alicyclic amines) is 1. The number of halogens is 1. The summed E-state index contributed by atoms with van der Waals surface area (Å²) < 4.78 is 24.4. The normalized spacial score (nSPS) is 17.5. The molecule has 1 heterocycles. The fourth-order valence-electron chi connectivity index (χ4n) is 2.55. The molecule has 7 nitrogen and oxygen atoms in total. The van der Waals surface area contributed by atoms with Gasteiger partial charge >= 0.3 is 0 Å². The van der Waals surface area contributed by atoms with E-state index in [1.54, 1.807) is 7.05 Å². The van der Waals surface area contributed by atoms with Gasteiger partial charge < -0.3 is 10.6 Å². The van der Waals surface area contributed by atoms with Gasteiger partial charge in [0.05, 0.1) is 6.26 Å². The Morgan fingerprint density at radius 2 is 1.74 bits per heavy atom. The molecule has 0 unspecified atom stereocenters. The van der Waals surface area contributed by atoms with Gasteiger partial charge in [-0.1, -0.05) is 6.42 Å². The highest BCUT2D eigenvalue weighted by Gasteiger charge is 2.27. The lowest BCUT2D eigenvalue weighted by atomic mass is 9.98. The molecule has 3 N–H and O–H groups in total. The van der Waals surface area contributed by atoms with Gasteiger partial charge in [-0.2, -0.15) is 0 Å². The fraction of sp³-hybridized carbons (Fsp3) is 0.929. The molecular weight excluding hydrogens is 429 g/mol. The van der Waals surface area contributed by atoms with Crippen molar-refractivity contribution in [2.45, 2.75) is 38.6 Å². The average Bonchev–Trinajstić information content (AvgIpc) is 2.46. The first-order valence-corrected chi connectivity index (χ1v) is 9.78. The summed E-state index contributed by atoms with van der Waals surface area (Å²) in [5.41, 5.74) is 0.0725. The van der Waals surface area contributed by atoms with Gasteiger partial charge in [0.15, 0.2) is 5.96 Å². The minimum Gasteiger partial charge on any atom is -0.355 e. The summed E-state index contributed by atoms with van der Waals surface area (Å²) in [5.74, 6) is 0.695. The number of hydrogen-bond acceptors (Lipinski definition) is 4. The first kappa shape index (κ1) is 22.9. The molecule has 9 heteroatoms. The number of sulfonamides is 1. The lowest BCUT2D eigenvalue weighted by molar-refractivity contribution is 0.0982. The Morgan fingerprint density at radius 1 is 1.13 bits per heavy atom. The van der Waals surface area contributed by atoms with Crippen molar-refractivity contribution in [2.75, 3.05) is 46.0 Å². The zero-order valence-corrected chi connectivity index (χ0v) is 17.8. The van der Waals surface area contributed by atoms with Gasteiger partial charge in [0, 0.05) is 32.2 Å². The molecule has 1 rings (SSSR count). The predicted molar refractivity (Wildman–Crippen MR) is 107 cm³/mol. The standard InChI is InChI=1S/C14H31N5O2S.HI/c1-14(2,19-10-6-5-7-11-19)12-17-13(15-3)16-8-9-18-22(4,20)21;/h18H,5-12H2,1-4H3,(H2,15,16,17);1H. The van der Waals surface area contributed by atoms with Gasteiger partial charge in [-0.15, -0.1) is 24.0 Å². The molecule has 1 fully saturated rings. The molecule has 0 atom stereocenters. The Bertz CT molecular complexity index is 462. The third-order valence-corrected chi connectivity index (χ3v) is 4.63. The third-order valence-electron chi connectivity index (χ3n) is 3.91. The smallest absolute Gasteiger partial charge is 0.208 e. The van der Waals surface area contributed by atoms with Crippen LogP contribution in [0.1, 0.15) is 33.1 Å². The van der Waals surface area contributed by atoms with E-state index in [0.717, 1.165) is 25.9 Å². The molecular formula is C14H32IN5O2S. The summed E-state index contributed by atoms with van der Waals surface area (Å²) in [4.78, 5) is 6.68. The van der Waals surface area contributed by atoms with Crippen molar-refractivity contribution in [3.63, 3.8) is 0 Å². The maximum absolute atomic E-state index is 11.0. The van der Waals surface area contributed by atoms with Gasteiger partial charge in [0.25, 0.3) is 0 Å². The largest absolute Gasteiger partial charge is 0.355 e. The molecule has 0 radical (unpaired) electrons. The molecule has 138 valence electrons. The minimum atomic E-state index is -3.14. The summed E-state index contributed by atoms with van der Waals surface area (Å²) in [6, 6.07) is 0. The molecule has 1 saturated heterocycles. The van der Waals surface area contributed by atoms with Crippen LogP contribution < -0.4 is 15.4 Å². The zero-order valence-electron chi connectivity index (χ0n) is 14.7. The second kappa shape index (κ2) is 10.7. The molecule has 0 aromatic carbocycles. The van der Waals surface area contributed by atoms with E-state index in [4.69, 9.17) is 0 Å². The third kappa shape index (κ3) is 9.68. The van der Waals surface area contributed by atoms with Crippen molar-refractivity contribution in [1.29, 1.82) is 0 Å². The number of piperidine rings is 1. The van der Waals surface area contributed by atoms with Crippen LogP contribution in [-0.2, 0) is 10.0 Å². The van der Waals surface area contributed by atoms with Gasteiger partial charge in [0.2, 0.25) is 10.0 Å². The van der Waals surface area contributed by atoms with Gasteiger partial charge in [-0.25, -0.2) is 13.1 Å². The zero-order chi connectivity index (χ0) is 16.6. The van der Waals surface area contributed by atoms with E-state index < -0.39 is 10.0 Å². The topological polar surface area (TPSA) is 85.8 Å². The van der Waals surface area contributed by atoms with E-state index in [1.807, 2.05) is 0 Å². The SMILES string of the molecule is CN=C(NCCNS(C)(=O)=O)NCC(C)(C)N1CCCCC1.I. The van der Waals surface area contributed by atoms with E-state index >= 15 is 0 Å². The molecule has 23 heavy (non-hydrogen) atoms. The molecule has 0 spiro atoms. The lowest BCUT2D eigenvalue weighted by Gasteiger charge is -2.41. The average molecular weight is 461 g/mol. The van der Waals surface area contributed by atoms with Crippen LogP contribution >= 0.6 is 24.0 Å². The Kier molecular flexibility index (Phi) is 10.6. The number of aliphatic imine (C=N–C) groups is 1. The summed E-state index contributed by atoms with van der Waals surface area (Å²) in [5, 5.41) is 6.44. The van der Waals surface area contributed by atoms with Crippen LogP contribution in [0.4, 0.5) is 0 Å². The van der Waals surface area contributed by atoms with Crippen molar-refractivity contribution >= 4 is 40.0 Å². The fourth-order valence-corrected chi connectivity index (χ4v) is 3.02. The van der Waals surface area contributed by atoms with E-state index in [9.17, 15) is 8.42 Å². The van der Waals surface area contributed by atoms with Gasteiger partial charge in [-0.05, 0) is 39.8 Å². The molecule has 1 aliphatic heterocycles. The quantitative estimate of drug-likeness (QED) is 0.224. The number of rotatable bonds is 7. The van der Waals surface area contributed by atoms with Crippen LogP contribution in [0.5, 0.6) is 0 Å². The highest BCUT2D eigenvalue weighted by atomic mass is 127. The summed E-state index contributed by atoms with van der Waals surface area (Å²) in [6.45, 7) is 8.42. The van der Waals surface area contributed by atoms with E-state index in [-0.39, 0.29) is 29.5 Å². The molecule has 0 saturated carbocycles. The van der Waals surface area contributed by atoms with E-state index in [0.29, 0.717) is 19.0 Å². The maximum atomic E-state index is 11.0. The van der Waals surface area contributed by atoms with Crippen molar-refractivity contribution in [3.05, 3.63) is 0 Å². The second-order valence-corrected chi connectivity index (χ2v) is 8.21. The van der Waals surface area contributed by atoms with Crippen LogP contribution in [-0.4, -0.2) is 70.8 Å². The first-order valence-electron chi connectivity index (χ1n) is 7.89. The monoisotopic (exact) mass is 461 g/mol. The maximum Gasteiger partial charge on any atom is 0.208 e. The Labute approximate surface area is 158 Å². The first-order chi connectivity index (χ1) is 10.2. The van der Waals surface area contributed by atoms with Crippen molar-refractivity contribution in [1.82, 2.24) is 20.3 Å². The summed E-state index contributed by atoms with van der Waals surface area (Å²) >= 11 is 0. The minimum absolute atomic E-state index is 0. The molecule has 0 aliphatic carbocycles. The Balaban J connectivity index is 0.00000484. The second-order valence-electron chi connectivity index (χ2n) is 6.38. The molecule has 0 aromatic rings. The van der Waals surface area contributed by atoms with Crippen molar-refractivity contribution in [2.24, 2.45) is 4.99 Å². The van der Waals surface area contributed by atoms with Crippen LogP contribution in [0, 0.1) is 0 Å². The highest BCUT2D eigenvalue weighted by molar-refractivity contribution is 14.0. The van der Waals surface area contributed by atoms with Crippen LogP contribution in [0.3, 0.4) is 0 Å². The predicted octanol–water partition coefficient (Wildman–Crippen LogP) is 0.583.